The number of aromatic nitrogens is 1. The van der Waals surface area contributed by atoms with Gasteiger partial charge in [0.1, 0.15) is 12.4 Å². The molecule has 6 nitrogen and oxygen atoms in total. The van der Waals surface area contributed by atoms with Crippen molar-refractivity contribution in [1.29, 1.82) is 0 Å². The van der Waals surface area contributed by atoms with Gasteiger partial charge >= 0.3 is 0 Å². The summed E-state index contributed by atoms with van der Waals surface area (Å²) in [5.41, 5.74) is 1.03. The van der Waals surface area contributed by atoms with E-state index in [2.05, 4.69) is 4.98 Å². The Labute approximate surface area is 142 Å². The standard InChI is InChI=1S/C17H20N2O4S/c1-3-13-8-9-18-17(10-13)19(24(2,20)21)11-14-12-22-15-6-4-5-7-16(15)23-14/h4-10,14H,3,11-12H2,1-2H3. The number of aryl methyl sites for hydroxylation is 1. The molecule has 0 N–H and O–H groups in total. The number of fused-ring (bicyclic) bond motifs is 1. The highest BCUT2D eigenvalue weighted by Crippen LogP contribution is 2.31. The number of benzene rings is 1. The molecule has 0 amide bonds. The summed E-state index contributed by atoms with van der Waals surface area (Å²) in [5, 5.41) is 0. The predicted molar refractivity (Wildman–Crippen MR) is 92.2 cm³/mol. The molecule has 1 aliphatic rings. The summed E-state index contributed by atoms with van der Waals surface area (Å²) in [7, 11) is -3.48. The fraction of sp³-hybridized carbons (Fsp3) is 0.353. The molecule has 2 aromatic rings. The van der Waals surface area contributed by atoms with Crippen molar-refractivity contribution in [1.82, 2.24) is 4.98 Å². The minimum atomic E-state index is -3.48. The van der Waals surface area contributed by atoms with Gasteiger partial charge in [0.05, 0.1) is 12.8 Å². The highest BCUT2D eigenvalue weighted by atomic mass is 32.2. The number of nitrogens with zero attached hydrogens (tertiary/aromatic N) is 2. The number of anilines is 1. The highest BCUT2D eigenvalue weighted by Gasteiger charge is 2.28. The molecule has 7 heteroatoms. The van der Waals surface area contributed by atoms with Gasteiger partial charge in [0.15, 0.2) is 17.6 Å². The Kier molecular flexibility index (Phi) is 4.62. The zero-order valence-electron chi connectivity index (χ0n) is 13.7. The summed E-state index contributed by atoms with van der Waals surface area (Å²) < 4.78 is 37.3. The average Bonchev–Trinajstić information content (AvgIpc) is 2.58. The molecule has 0 aliphatic carbocycles. The minimum Gasteiger partial charge on any atom is -0.486 e. The first-order chi connectivity index (χ1) is 11.5. The van der Waals surface area contributed by atoms with Gasteiger partial charge in [-0.2, -0.15) is 0 Å². The topological polar surface area (TPSA) is 68.7 Å². The van der Waals surface area contributed by atoms with Gasteiger partial charge in [-0.1, -0.05) is 19.1 Å². The average molecular weight is 348 g/mol. The smallest absolute Gasteiger partial charge is 0.233 e. The number of pyridine rings is 1. The van der Waals surface area contributed by atoms with E-state index in [0.717, 1.165) is 12.0 Å². The van der Waals surface area contributed by atoms with Crippen LogP contribution in [0.5, 0.6) is 11.5 Å². The van der Waals surface area contributed by atoms with Crippen LogP contribution in [-0.2, 0) is 16.4 Å². The normalized spacial score (nSPS) is 16.7. The van der Waals surface area contributed by atoms with Crippen molar-refractivity contribution in [2.24, 2.45) is 0 Å². The summed E-state index contributed by atoms with van der Waals surface area (Å²) in [5.74, 6) is 1.70. The number of rotatable bonds is 5. The van der Waals surface area contributed by atoms with Gasteiger partial charge in [0.25, 0.3) is 0 Å². The number of para-hydroxylation sites is 2. The molecule has 3 rings (SSSR count). The van der Waals surface area contributed by atoms with E-state index in [1.807, 2.05) is 37.3 Å². The van der Waals surface area contributed by atoms with E-state index in [4.69, 9.17) is 9.47 Å². The third-order valence-electron chi connectivity index (χ3n) is 3.81. The van der Waals surface area contributed by atoms with Crippen LogP contribution in [0.4, 0.5) is 5.82 Å². The largest absolute Gasteiger partial charge is 0.486 e. The van der Waals surface area contributed by atoms with Crippen LogP contribution in [0.25, 0.3) is 0 Å². The van der Waals surface area contributed by atoms with Crippen LogP contribution in [0, 0.1) is 0 Å². The molecule has 0 saturated carbocycles. The molecule has 1 aromatic carbocycles. The van der Waals surface area contributed by atoms with Crippen LogP contribution in [0.1, 0.15) is 12.5 Å². The van der Waals surface area contributed by atoms with E-state index >= 15 is 0 Å². The van der Waals surface area contributed by atoms with Gasteiger partial charge in [-0.05, 0) is 36.2 Å². The first-order valence-electron chi connectivity index (χ1n) is 7.78. The molecule has 1 aliphatic heterocycles. The van der Waals surface area contributed by atoms with E-state index in [0.29, 0.717) is 17.3 Å². The van der Waals surface area contributed by atoms with Crippen molar-refractivity contribution in [3.05, 3.63) is 48.2 Å². The first kappa shape index (κ1) is 16.6. The van der Waals surface area contributed by atoms with E-state index in [-0.39, 0.29) is 13.2 Å². The Morgan fingerprint density at radius 2 is 2.00 bits per heavy atom. The Hall–Kier alpha value is -2.28. The molecule has 0 saturated heterocycles. The van der Waals surface area contributed by atoms with Crippen LogP contribution >= 0.6 is 0 Å². The van der Waals surface area contributed by atoms with Crippen molar-refractivity contribution in [3.8, 4) is 11.5 Å². The maximum atomic E-state index is 12.2. The molecule has 128 valence electrons. The van der Waals surface area contributed by atoms with Gasteiger partial charge in [-0.3, -0.25) is 4.31 Å². The number of hydrogen-bond donors (Lipinski definition) is 0. The van der Waals surface area contributed by atoms with Gasteiger partial charge in [0.2, 0.25) is 10.0 Å². The fourth-order valence-corrected chi connectivity index (χ4v) is 3.43. The lowest BCUT2D eigenvalue weighted by atomic mass is 10.2. The maximum Gasteiger partial charge on any atom is 0.233 e. The van der Waals surface area contributed by atoms with E-state index in [1.165, 1.54) is 10.6 Å². The van der Waals surface area contributed by atoms with Crippen LogP contribution in [-0.4, -0.2) is 38.9 Å². The monoisotopic (exact) mass is 348 g/mol. The van der Waals surface area contributed by atoms with E-state index in [1.54, 1.807) is 12.3 Å². The summed E-state index contributed by atoms with van der Waals surface area (Å²) in [6.07, 6.45) is 3.20. The van der Waals surface area contributed by atoms with Gasteiger partial charge in [0, 0.05) is 6.20 Å². The number of ether oxygens (including phenoxy) is 2. The van der Waals surface area contributed by atoms with E-state index in [9.17, 15) is 8.42 Å². The molecule has 24 heavy (non-hydrogen) atoms. The second-order valence-electron chi connectivity index (χ2n) is 5.67. The van der Waals surface area contributed by atoms with Crippen LogP contribution in [0.15, 0.2) is 42.6 Å². The Balaban J connectivity index is 1.84. The third kappa shape index (κ3) is 3.62. The van der Waals surface area contributed by atoms with Crippen molar-refractivity contribution in [2.45, 2.75) is 19.4 Å². The third-order valence-corrected chi connectivity index (χ3v) is 4.95. The number of sulfonamides is 1. The molecular formula is C17H20N2O4S. The Bertz CT molecular complexity index is 823. The molecule has 1 atom stereocenters. The minimum absolute atomic E-state index is 0.146. The van der Waals surface area contributed by atoms with Gasteiger partial charge < -0.3 is 9.47 Å². The molecular weight excluding hydrogens is 328 g/mol. The zero-order chi connectivity index (χ0) is 17.2. The van der Waals surface area contributed by atoms with Gasteiger partial charge in [-0.15, -0.1) is 0 Å². The SMILES string of the molecule is CCc1ccnc(N(CC2COc3ccccc3O2)S(C)(=O)=O)c1. The second-order valence-corrected chi connectivity index (χ2v) is 7.57. The molecule has 1 aromatic heterocycles. The van der Waals surface area contributed by atoms with Gasteiger partial charge in [-0.25, -0.2) is 13.4 Å². The van der Waals surface area contributed by atoms with Crippen LogP contribution in [0.2, 0.25) is 0 Å². The predicted octanol–water partition coefficient (Wildman–Crippen LogP) is 2.25. The quantitative estimate of drug-likeness (QED) is 0.829. The summed E-state index contributed by atoms with van der Waals surface area (Å²) in [4.78, 5) is 4.21. The van der Waals surface area contributed by atoms with Crippen molar-refractivity contribution >= 4 is 15.8 Å². The molecule has 2 heterocycles. The zero-order valence-corrected chi connectivity index (χ0v) is 14.5. The summed E-state index contributed by atoms with van der Waals surface area (Å²) in [6, 6.07) is 11.0. The molecule has 0 fully saturated rings. The summed E-state index contributed by atoms with van der Waals surface area (Å²) >= 11 is 0. The van der Waals surface area contributed by atoms with E-state index < -0.39 is 16.1 Å². The van der Waals surface area contributed by atoms with Crippen molar-refractivity contribution in [2.75, 3.05) is 23.7 Å². The number of hydrogen-bond acceptors (Lipinski definition) is 5. The van der Waals surface area contributed by atoms with Crippen molar-refractivity contribution < 1.29 is 17.9 Å². The van der Waals surface area contributed by atoms with Crippen LogP contribution < -0.4 is 13.8 Å². The summed E-state index contributed by atoms with van der Waals surface area (Å²) in [6.45, 7) is 2.45. The van der Waals surface area contributed by atoms with Crippen LogP contribution in [0.3, 0.4) is 0 Å². The maximum absolute atomic E-state index is 12.2. The van der Waals surface area contributed by atoms with Crippen molar-refractivity contribution in [3.63, 3.8) is 0 Å². The Morgan fingerprint density at radius 3 is 2.71 bits per heavy atom. The highest BCUT2D eigenvalue weighted by molar-refractivity contribution is 7.92. The second kappa shape index (κ2) is 6.68. The first-order valence-corrected chi connectivity index (χ1v) is 9.63. The lowest BCUT2D eigenvalue weighted by Gasteiger charge is -2.30. The molecule has 0 spiro atoms. The fourth-order valence-electron chi connectivity index (χ4n) is 2.55. The Morgan fingerprint density at radius 1 is 1.25 bits per heavy atom. The lowest BCUT2D eigenvalue weighted by molar-refractivity contribution is 0.0975. The molecule has 0 bridgehead atoms. The lowest BCUT2D eigenvalue weighted by Crippen LogP contribution is -2.43. The molecule has 0 radical (unpaired) electrons. The molecule has 1 unspecified atom stereocenters.